The molecule has 0 spiro atoms. The zero-order valence-electron chi connectivity index (χ0n) is 9.42. The van der Waals surface area contributed by atoms with Crippen molar-refractivity contribution in [3.63, 3.8) is 0 Å². The topological polar surface area (TPSA) is 43.3 Å². The lowest BCUT2D eigenvalue weighted by Gasteiger charge is -2.07. The molecule has 1 heterocycles. The molecule has 4 heteroatoms. The van der Waals surface area contributed by atoms with Crippen LogP contribution in [0.4, 0.5) is 5.69 Å². The Morgan fingerprint density at radius 3 is 2.69 bits per heavy atom. The predicted molar refractivity (Wildman–Crippen MR) is 68.2 cm³/mol. The lowest BCUT2D eigenvalue weighted by molar-refractivity contribution is 0.862. The Kier molecular flexibility index (Phi) is 3.10. The number of benzene rings is 1. The van der Waals surface area contributed by atoms with Gasteiger partial charge in [-0.1, -0.05) is 32.0 Å². The van der Waals surface area contributed by atoms with Crippen LogP contribution in [0.5, 0.6) is 0 Å². The molecule has 1 aromatic heterocycles. The van der Waals surface area contributed by atoms with E-state index in [2.05, 4.69) is 24.9 Å². The van der Waals surface area contributed by atoms with Crippen LogP contribution in [-0.4, -0.2) is 4.68 Å². The third-order valence-electron chi connectivity index (χ3n) is 2.39. The van der Waals surface area contributed by atoms with Gasteiger partial charge in [0.1, 0.15) is 0 Å². The van der Waals surface area contributed by atoms with E-state index in [9.17, 15) is 0 Å². The average Bonchev–Trinajstić information content (AvgIpc) is 2.65. The van der Waals surface area contributed by atoms with Gasteiger partial charge in [0.05, 0.1) is 5.69 Å². The highest BCUT2D eigenvalue weighted by atomic mass is 32.1. The molecule has 0 fully saturated rings. The summed E-state index contributed by atoms with van der Waals surface area (Å²) < 4.78 is 1.54. The van der Waals surface area contributed by atoms with Crippen LogP contribution in [0, 0.1) is 0 Å². The first kappa shape index (κ1) is 11.0. The first-order valence-electron chi connectivity index (χ1n) is 5.23. The highest BCUT2D eigenvalue weighted by molar-refractivity contribution is 7.07. The van der Waals surface area contributed by atoms with Crippen LogP contribution < -0.4 is 10.6 Å². The number of rotatable bonds is 2. The molecule has 0 unspecified atom stereocenters. The van der Waals surface area contributed by atoms with Crippen LogP contribution in [0.1, 0.15) is 25.3 Å². The zero-order chi connectivity index (χ0) is 11.5. The van der Waals surface area contributed by atoms with E-state index >= 15 is 0 Å². The lowest BCUT2D eigenvalue weighted by Crippen LogP contribution is -2.21. The third-order valence-corrected chi connectivity index (χ3v) is 3.16. The summed E-state index contributed by atoms with van der Waals surface area (Å²) in [5.74, 6) is 6.21. The summed E-state index contributed by atoms with van der Waals surface area (Å²) in [5, 5.41) is 1.93. The standard InChI is InChI=1S/C12H15N3S/c1-9(2)10-5-3-4-6-11(10)14-12-15(13)7-8-16-12/h3-9H,13H2,1-2H3. The molecule has 2 rings (SSSR count). The highest BCUT2D eigenvalue weighted by Crippen LogP contribution is 2.25. The van der Waals surface area contributed by atoms with Gasteiger partial charge >= 0.3 is 0 Å². The van der Waals surface area contributed by atoms with Gasteiger partial charge < -0.3 is 5.84 Å². The van der Waals surface area contributed by atoms with Crippen molar-refractivity contribution in [3.05, 3.63) is 46.2 Å². The molecule has 0 aliphatic heterocycles. The second-order valence-corrected chi connectivity index (χ2v) is 4.79. The smallest absolute Gasteiger partial charge is 0.208 e. The summed E-state index contributed by atoms with van der Waals surface area (Å²) in [4.78, 5) is 5.39. The molecule has 0 saturated heterocycles. The summed E-state index contributed by atoms with van der Waals surface area (Å²) in [7, 11) is 0. The van der Waals surface area contributed by atoms with Gasteiger partial charge in [-0.2, -0.15) is 0 Å². The van der Waals surface area contributed by atoms with Gasteiger partial charge in [-0.15, -0.1) is 11.3 Å². The zero-order valence-corrected chi connectivity index (χ0v) is 10.2. The normalized spacial score (nSPS) is 12.3. The SMILES string of the molecule is CC(C)c1ccccc1N=c1sccn1N. The molecule has 16 heavy (non-hydrogen) atoms. The van der Waals surface area contributed by atoms with Crippen molar-refractivity contribution >= 4 is 17.0 Å². The number of para-hydroxylation sites is 1. The van der Waals surface area contributed by atoms with Gasteiger partial charge in [0.2, 0.25) is 4.80 Å². The molecule has 3 nitrogen and oxygen atoms in total. The maximum atomic E-state index is 5.75. The Labute approximate surface area is 98.9 Å². The maximum absolute atomic E-state index is 5.75. The van der Waals surface area contributed by atoms with Crippen molar-refractivity contribution in [1.29, 1.82) is 0 Å². The second kappa shape index (κ2) is 4.53. The largest absolute Gasteiger partial charge is 0.337 e. The highest BCUT2D eigenvalue weighted by Gasteiger charge is 2.04. The first-order chi connectivity index (χ1) is 7.68. The number of nitrogens with zero attached hydrogens (tertiary/aromatic N) is 2. The van der Waals surface area contributed by atoms with Gasteiger partial charge in [-0.3, -0.25) is 0 Å². The van der Waals surface area contributed by atoms with Crippen LogP contribution in [0.2, 0.25) is 0 Å². The van der Waals surface area contributed by atoms with Gasteiger partial charge in [0, 0.05) is 11.6 Å². The fraction of sp³-hybridized carbons (Fsp3) is 0.250. The fourth-order valence-corrected chi connectivity index (χ4v) is 2.19. The minimum absolute atomic E-state index is 0.464. The maximum Gasteiger partial charge on any atom is 0.208 e. The summed E-state index contributed by atoms with van der Waals surface area (Å²) in [6.07, 6.45) is 1.81. The Morgan fingerprint density at radius 2 is 2.06 bits per heavy atom. The quantitative estimate of drug-likeness (QED) is 0.796. The molecule has 0 radical (unpaired) electrons. The predicted octanol–water partition coefficient (Wildman–Crippen LogP) is 2.62. The van der Waals surface area contributed by atoms with Gasteiger partial charge in [-0.25, -0.2) is 9.67 Å². The molecule has 0 atom stereocenters. The molecule has 0 bridgehead atoms. The second-order valence-electron chi connectivity index (χ2n) is 3.92. The number of hydrogen-bond donors (Lipinski definition) is 1. The molecule has 0 saturated carbocycles. The minimum Gasteiger partial charge on any atom is -0.337 e. The van der Waals surface area contributed by atoms with Crippen LogP contribution in [-0.2, 0) is 0 Å². The monoisotopic (exact) mass is 233 g/mol. The number of nitrogens with two attached hydrogens (primary N) is 1. The van der Waals surface area contributed by atoms with E-state index in [4.69, 9.17) is 5.84 Å². The van der Waals surface area contributed by atoms with E-state index in [0.29, 0.717) is 5.92 Å². The van der Waals surface area contributed by atoms with Gasteiger partial charge in [-0.05, 0) is 17.5 Å². The fourth-order valence-electron chi connectivity index (χ4n) is 1.55. The molecule has 0 aliphatic rings. The Balaban J connectivity index is 2.54. The third kappa shape index (κ3) is 2.17. The van der Waals surface area contributed by atoms with Crippen molar-refractivity contribution in [2.45, 2.75) is 19.8 Å². The minimum atomic E-state index is 0.464. The first-order valence-corrected chi connectivity index (χ1v) is 6.11. The summed E-state index contributed by atoms with van der Waals surface area (Å²) >= 11 is 1.54. The molecule has 84 valence electrons. The number of thiazole rings is 1. The Hall–Kier alpha value is -1.55. The number of nitrogen functional groups attached to an aromatic ring is 1. The van der Waals surface area contributed by atoms with Gasteiger partial charge in [0.25, 0.3) is 0 Å². The molecular formula is C12H15N3S. The van der Waals surface area contributed by atoms with Crippen LogP contribution >= 0.6 is 11.3 Å². The summed E-state index contributed by atoms with van der Waals surface area (Å²) in [6, 6.07) is 8.17. The summed E-state index contributed by atoms with van der Waals surface area (Å²) in [5.41, 5.74) is 2.25. The van der Waals surface area contributed by atoms with Crippen LogP contribution in [0.3, 0.4) is 0 Å². The molecular weight excluding hydrogens is 218 g/mol. The molecule has 2 aromatic rings. The van der Waals surface area contributed by atoms with Crippen molar-refractivity contribution in [3.8, 4) is 0 Å². The van der Waals surface area contributed by atoms with Gasteiger partial charge in [0.15, 0.2) is 0 Å². The van der Waals surface area contributed by atoms with E-state index < -0.39 is 0 Å². The van der Waals surface area contributed by atoms with E-state index in [1.807, 2.05) is 29.8 Å². The average molecular weight is 233 g/mol. The number of aromatic nitrogens is 1. The Bertz CT molecular complexity index is 537. The molecule has 0 aliphatic carbocycles. The molecule has 1 aromatic carbocycles. The molecule has 2 N–H and O–H groups in total. The van der Waals surface area contributed by atoms with Crippen LogP contribution in [0.25, 0.3) is 0 Å². The van der Waals surface area contributed by atoms with E-state index in [0.717, 1.165) is 10.5 Å². The lowest BCUT2D eigenvalue weighted by atomic mass is 10.0. The van der Waals surface area contributed by atoms with Crippen molar-refractivity contribution < 1.29 is 0 Å². The van der Waals surface area contributed by atoms with Crippen molar-refractivity contribution in [2.75, 3.05) is 5.84 Å². The van der Waals surface area contributed by atoms with Crippen molar-refractivity contribution in [1.82, 2.24) is 4.68 Å². The molecule has 0 amide bonds. The van der Waals surface area contributed by atoms with Crippen LogP contribution in [0.15, 0.2) is 40.8 Å². The number of hydrogen-bond acceptors (Lipinski definition) is 3. The summed E-state index contributed by atoms with van der Waals surface area (Å²) in [6.45, 7) is 4.33. The van der Waals surface area contributed by atoms with E-state index in [1.54, 1.807) is 4.68 Å². The van der Waals surface area contributed by atoms with Crippen molar-refractivity contribution in [2.24, 2.45) is 4.99 Å². The van der Waals surface area contributed by atoms with E-state index in [-0.39, 0.29) is 0 Å². The Morgan fingerprint density at radius 1 is 1.31 bits per heavy atom. The van der Waals surface area contributed by atoms with E-state index in [1.165, 1.54) is 16.9 Å².